The van der Waals surface area contributed by atoms with E-state index in [1.807, 2.05) is 0 Å². The summed E-state index contributed by atoms with van der Waals surface area (Å²) in [5.41, 5.74) is -0.746. The lowest BCUT2D eigenvalue weighted by Crippen LogP contribution is -2.58. The Labute approximate surface area is 190 Å². The molecule has 2 aliphatic heterocycles. The molecule has 2 aromatic carbocycles. The number of ether oxygens (including phenoxy) is 4. The molecule has 5 atom stereocenters. The molecule has 2 heterocycles. The van der Waals surface area contributed by atoms with Crippen molar-refractivity contribution in [3.8, 4) is 34.5 Å². The van der Waals surface area contributed by atoms with Crippen molar-refractivity contribution in [2.45, 2.75) is 30.5 Å². The highest BCUT2D eigenvalue weighted by atomic mass is 16.6. The SMILES string of the molecule is COc1c(O)cc2c(c1O)[C@H]1O[C@@H](COC(=O)c3cc(O)c(O)c(O)c3)[C@H](O)[C@@H](O)[C@@H]1OC2=O. The number of aromatic hydroxyl groups is 5. The van der Waals surface area contributed by atoms with E-state index in [0.717, 1.165) is 18.2 Å². The first-order valence-electron chi connectivity index (χ1n) is 9.82. The summed E-state index contributed by atoms with van der Waals surface area (Å²) >= 11 is 0. The number of aliphatic hydroxyl groups excluding tert-OH is 2. The molecular weight excluding hydrogens is 460 g/mol. The van der Waals surface area contributed by atoms with Gasteiger partial charge in [-0.3, -0.25) is 0 Å². The molecule has 13 nitrogen and oxygen atoms in total. The second kappa shape index (κ2) is 8.44. The molecular formula is C21H20O13. The fraction of sp³-hybridized carbons (Fsp3) is 0.333. The number of rotatable bonds is 4. The van der Waals surface area contributed by atoms with Gasteiger partial charge in [0.1, 0.15) is 31.0 Å². The predicted octanol–water partition coefficient (Wildman–Crippen LogP) is -0.219. The summed E-state index contributed by atoms with van der Waals surface area (Å²) in [6, 6.07) is 2.67. The maximum absolute atomic E-state index is 12.4. The summed E-state index contributed by atoms with van der Waals surface area (Å²) in [6.07, 6.45) is -7.53. The lowest BCUT2D eigenvalue weighted by molar-refractivity contribution is -0.235. The number of methoxy groups -OCH3 is 1. The molecule has 0 aromatic heterocycles. The van der Waals surface area contributed by atoms with Crippen LogP contribution in [0.2, 0.25) is 0 Å². The monoisotopic (exact) mass is 480 g/mol. The third-order valence-electron chi connectivity index (χ3n) is 5.60. The molecule has 2 aliphatic rings. The van der Waals surface area contributed by atoms with E-state index in [0.29, 0.717) is 0 Å². The van der Waals surface area contributed by atoms with Crippen LogP contribution in [0.15, 0.2) is 18.2 Å². The van der Waals surface area contributed by atoms with Crippen molar-refractivity contribution in [1.82, 2.24) is 0 Å². The highest BCUT2D eigenvalue weighted by Gasteiger charge is 2.52. The van der Waals surface area contributed by atoms with Crippen molar-refractivity contribution in [2.24, 2.45) is 0 Å². The van der Waals surface area contributed by atoms with E-state index in [1.54, 1.807) is 0 Å². The summed E-state index contributed by atoms with van der Waals surface area (Å²) in [7, 11) is 1.17. The van der Waals surface area contributed by atoms with Gasteiger partial charge in [0.25, 0.3) is 0 Å². The minimum atomic E-state index is -1.71. The van der Waals surface area contributed by atoms with Gasteiger partial charge < -0.3 is 54.7 Å². The summed E-state index contributed by atoms with van der Waals surface area (Å²) < 4.78 is 20.8. The van der Waals surface area contributed by atoms with E-state index in [-0.39, 0.29) is 22.4 Å². The van der Waals surface area contributed by atoms with Crippen molar-refractivity contribution < 1.29 is 64.3 Å². The van der Waals surface area contributed by atoms with Gasteiger partial charge in [-0.2, -0.15) is 0 Å². The molecule has 0 amide bonds. The van der Waals surface area contributed by atoms with Crippen molar-refractivity contribution in [2.75, 3.05) is 13.7 Å². The average molecular weight is 480 g/mol. The van der Waals surface area contributed by atoms with E-state index >= 15 is 0 Å². The average Bonchev–Trinajstić information content (AvgIpc) is 2.79. The van der Waals surface area contributed by atoms with Crippen LogP contribution < -0.4 is 4.74 Å². The molecule has 0 bridgehead atoms. The van der Waals surface area contributed by atoms with Gasteiger partial charge in [0.15, 0.2) is 34.9 Å². The first-order chi connectivity index (χ1) is 16.0. The number of aliphatic hydroxyl groups is 2. The number of carbonyl (C=O) groups excluding carboxylic acids is 2. The molecule has 1 fully saturated rings. The zero-order valence-corrected chi connectivity index (χ0v) is 17.4. The Kier molecular flexibility index (Phi) is 5.77. The summed E-state index contributed by atoms with van der Waals surface area (Å²) in [5.74, 6) is -5.97. The molecule has 0 spiro atoms. The number of phenols is 5. The van der Waals surface area contributed by atoms with E-state index in [9.17, 15) is 45.3 Å². The van der Waals surface area contributed by atoms with Gasteiger partial charge in [-0.1, -0.05) is 0 Å². The normalized spacial score (nSPS) is 25.6. The Hall–Kier alpha value is -3.94. The largest absolute Gasteiger partial charge is 0.504 e. The second-order valence-corrected chi connectivity index (χ2v) is 7.65. The third-order valence-corrected chi connectivity index (χ3v) is 5.60. The van der Waals surface area contributed by atoms with Crippen molar-refractivity contribution >= 4 is 11.9 Å². The highest BCUT2D eigenvalue weighted by Crippen LogP contribution is 2.50. The van der Waals surface area contributed by atoms with Gasteiger partial charge in [-0.15, -0.1) is 0 Å². The molecule has 0 aliphatic carbocycles. The van der Waals surface area contributed by atoms with E-state index < -0.39 is 77.8 Å². The Morgan fingerprint density at radius 2 is 1.62 bits per heavy atom. The quantitative estimate of drug-likeness (QED) is 0.223. The number of carbonyl (C=O) groups is 2. The van der Waals surface area contributed by atoms with Crippen LogP contribution in [0.5, 0.6) is 34.5 Å². The Bertz CT molecular complexity index is 1140. The molecule has 34 heavy (non-hydrogen) atoms. The lowest BCUT2D eigenvalue weighted by atomic mass is 9.86. The summed E-state index contributed by atoms with van der Waals surface area (Å²) in [5, 5.41) is 70.0. The fourth-order valence-electron chi connectivity index (χ4n) is 3.90. The number of hydrogen-bond donors (Lipinski definition) is 7. The van der Waals surface area contributed by atoms with Crippen molar-refractivity contribution in [3.05, 3.63) is 34.9 Å². The van der Waals surface area contributed by atoms with Crippen LogP contribution >= 0.6 is 0 Å². The van der Waals surface area contributed by atoms with Crippen LogP contribution in [0.1, 0.15) is 32.4 Å². The van der Waals surface area contributed by atoms with Gasteiger partial charge >= 0.3 is 11.9 Å². The van der Waals surface area contributed by atoms with E-state index in [4.69, 9.17) is 18.9 Å². The Morgan fingerprint density at radius 1 is 0.971 bits per heavy atom. The lowest BCUT2D eigenvalue weighted by Gasteiger charge is -2.44. The smallest absolute Gasteiger partial charge is 0.339 e. The molecule has 2 aromatic rings. The Morgan fingerprint density at radius 3 is 2.24 bits per heavy atom. The maximum Gasteiger partial charge on any atom is 0.339 e. The zero-order valence-electron chi connectivity index (χ0n) is 17.4. The zero-order chi connectivity index (χ0) is 24.9. The maximum atomic E-state index is 12.4. The standard InChI is InChI=1S/C21H20O13/c1-31-17-10(24)4-7-12(15(17)27)18-19(34-21(7)30)16(28)14(26)11(33-18)5-32-20(29)6-2-8(22)13(25)9(23)3-6/h2-4,11,14,16,18-19,22-28H,5H2,1H3/t11-,14-,16+,18+,19-/m0/s1. The Balaban J connectivity index is 1.60. The first kappa shape index (κ1) is 23.2. The first-order valence-corrected chi connectivity index (χ1v) is 9.82. The summed E-state index contributed by atoms with van der Waals surface area (Å²) in [6.45, 7) is -0.637. The van der Waals surface area contributed by atoms with Gasteiger partial charge in [0.05, 0.1) is 18.2 Å². The van der Waals surface area contributed by atoms with Gasteiger partial charge in [-0.05, 0) is 18.2 Å². The van der Waals surface area contributed by atoms with Crippen LogP contribution in [0.4, 0.5) is 0 Å². The summed E-state index contributed by atoms with van der Waals surface area (Å²) in [4.78, 5) is 24.7. The molecule has 7 N–H and O–H groups in total. The van der Waals surface area contributed by atoms with E-state index in [2.05, 4.69) is 0 Å². The molecule has 0 saturated carbocycles. The van der Waals surface area contributed by atoms with Gasteiger partial charge in [0, 0.05) is 5.56 Å². The molecule has 0 radical (unpaired) electrons. The fourth-order valence-corrected chi connectivity index (χ4v) is 3.90. The number of benzene rings is 2. The van der Waals surface area contributed by atoms with Gasteiger partial charge in [0.2, 0.25) is 5.75 Å². The molecule has 4 rings (SSSR count). The number of phenolic OH excluding ortho intramolecular Hbond substituents is 5. The number of hydrogen-bond acceptors (Lipinski definition) is 13. The number of fused-ring (bicyclic) bond motifs is 3. The van der Waals surface area contributed by atoms with Crippen LogP contribution in [-0.2, 0) is 14.2 Å². The molecule has 182 valence electrons. The van der Waals surface area contributed by atoms with Crippen LogP contribution in [-0.4, -0.2) is 85.8 Å². The minimum absolute atomic E-state index is 0.161. The van der Waals surface area contributed by atoms with E-state index in [1.165, 1.54) is 7.11 Å². The number of esters is 2. The predicted molar refractivity (Wildman–Crippen MR) is 107 cm³/mol. The second-order valence-electron chi connectivity index (χ2n) is 7.65. The minimum Gasteiger partial charge on any atom is -0.504 e. The topological polar surface area (TPSA) is 213 Å². The van der Waals surface area contributed by atoms with Crippen LogP contribution in [0, 0.1) is 0 Å². The van der Waals surface area contributed by atoms with Crippen LogP contribution in [0.3, 0.4) is 0 Å². The van der Waals surface area contributed by atoms with Crippen molar-refractivity contribution in [1.29, 1.82) is 0 Å². The van der Waals surface area contributed by atoms with Gasteiger partial charge in [-0.25, -0.2) is 9.59 Å². The molecule has 13 heteroatoms. The van der Waals surface area contributed by atoms with Crippen molar-refractivity contribution in [3.63, 3.8) is 0 Å². The third kappa shape index (κ3) is 3.65. The van der Waals surface area contributed by atoms with Crippen LogP contribution in [0.25, 0.3) is 0 Å². The molecule has 1 saturated heterocycles. The highest BCUT2D eigenvalue weighted by molar-refractivity contribution is 5.95. The molecule has 0 unspecified atom stereocenters.